The van der Waals surface area contributed by atoms with Crippen molar-refractivity contribution in [2.75, 3.05) is 11.9 Å². The van der Waals surface area contributed by atoms with Gasteiger partial charge in [-0.05, 0) is 24.3 Å². The summed E-state index contributed by atoms with van der Waals surface area (Å²) < 4.78 is 14.9. The molecular formula is C16H18FN3S2. The molecule has 0 aromatic carbocycles. The van der Waals surface area contributed by atoms with Gasteiger partial charge in [-0.15, -0.1) is 16.4 Å². The van der Waals surface area contributed by atoms with E-state index in [2.05, 4.69) is 29.4 Å². The lowest BCUT2D eigenvalue weighted by atomic mass is 10.2. The number of anilines is 1. The third-order valence-corrected chi connectivity index (χ3v) is 5.98. The molecule has 3 rings (SSSR count). The maximum Gasteiger partial charge on any atom is 0.115 e. The molecule has 22 heavy (non-hydrogen) atoms. The number of aryl methyl sites for hydroxylation is 2. The zero-order valence-electron chi connectivity index (χ0n) is 12.6. The molecular weight excluding hydrogens is 317 g/mol. The van der Waals surface area contributed by atoms with Crippen LogP contribution in [0.3, 0.4) is 0 Å². The molecule has 0 radical (unpaired) electrons. The second-order valence-electron chi connectivity index (χ2n) is 5.21. The Labute approximate surface area is 137 Å². The van der Waals surface area contributed by atoms with Gasteiger partial charge in [0.2, 0.25) is 0 Å². The summed E-state index contributed by atoms with van der Waals surface area (Å²) in [6, 6.07) is 0. The number of hydrogen-bond donors (Lipinski definition) is 1. The van der Waals surface area contributed by atoms with Crippen LogP contribution >= 0.6 is 23.1 Å². The van der Waals surface area contributed by atoms with Crippen molar-refractivity contribution in [3.05, 3.63) is 38.9 Å². The molecule has 1 aliphatic rings. The number of halogens is 1. The third kappa shape index (κ3) is 3.03. The van der Waals surface area contributed by atoms with E-state index in [9.17, 15) is 4.39 Å². The average molecular weight is 335 g/mol. The van der Waals surface area contributed by atoms with Crippen LogP contribution in [-0.2, 0) is 6.42 Å². The van der Waals surface area contributed by atoms with Gasteiger partial charge in [0.05, 0.1) is 16.6 Å². The smallest absolute Gasteiger partial charge is 0.115 e. The van der Waals surface area contributed by atoms with Crippen LogP contribution in [0.1, 0.15) is 30.2 Å². The molecule has 0 bridgehead atoms. The maximum atomic E-state index is 13.8. The van der Waals surface area contributed by atoms with E-state index in [0.717, 1.165) is 33.7 Å². The van der Waals surface area contributed by atoms with E-state index in [-0.39, 0.29) is 5.83 Å². The van der Waals surface area contributed by atoms with Crippen LogP contribution in [0.25, 0.3) is 10.2 Å². The Morgan fingerprint density at radius 2 is 2.27 bits per heavy atom. The lowest BCUT2D eigenvalue weighted by molar-refractivity contribution is 0.611. The van der Waals surface area contributed by atoms with Crippen LogP contribution in [-0.4, -0.2) is 16.7 Å². The zero-order valence-corrected chi connectivity index (χ0v) is 14.3. The first-order valence-corrected chi connectivity index (χ1v) is 9.07. The summed E-state index contributed by atoms with van der Waals surface area (Å²) in [7, 11) is 0. The predicted octanol–water partition coefficient (Wildman–Crippen LogP) is 5.20. The lowest BCUT2D eigenvalue weighted by Gasteiger charge is -2.12. The molecule has 0 unspecified atom stereocenters. The van der Waals surface area contributed by atoms with Crippen molar-refractivity contribution in [2.45, 2.75) is 33.1 Å². The molecule has 0 fully saturated rings. The number of nitrogens with one attached hydrogen (secondary N) is 1. The SMILES string of the molecule is CCCc1sc2c(NCC3=C(F)CC=CS3)cnnc2c1C. The number of thioether (sulfide) groups is 1. The minimum absolute atomic E-state index is 0.0488. The molecule has 0 saturated carbocycles. The van der Waals surface area contributed by atoms with E-state index >= 15 is 0 Å². The third-order valence-electron chi connectivity index (χ3n) is 3.63. The summed E-state index contributed by atoms with van der Waals surface area (Å²) in [5, 5.41) is 13.6. The van der Waals surface area contributed by atoms with Gasteiger partial charge in [-0.25, -0.2) is 4.39 Å². The van der Waals surface area contributed by atoms with Crippen LogP contribution in [0.4, 0.5) is 10.1 Å². The quantitative estimate of drug-likeness (QED) is 0.815. The standard InChI is InChI=1S/C16H18FN3S2/c1-3-5-13-10(2)15-16(22-13)12(8-19-20-15)18-9-14-11(17)6-4-7-21-14/h4,7-8H,3,5-6,9H2,1-2H3,(H,18,20). The molecule has 0 atom stereocenters. The second-order valence-corrected chi connectivity index (χ2v) is 7.32. The number of fused-ring (bicyclic) bond motifs is 1. The van der Waals surface area contributed by atoms with Gasteiger partial charge >= 0.3 is 0 Å². The molecule has 3 heterocycles. The van der Waals surface area contributed by atoms with Crippen molar-refractivity contribution in [1.29, 1.82) is 0 Å². The van der Waals surface area contributed by atoms with Gasteiger partial charge in [-0.3, -0.25) is 0 Å². The van der Waals surface area contributed by atoms with Crippen molar-refractivity contribution in [2.24, 2.45) is 0 Å². The highest BCUT2D eigenvalue weighted by Gasteiger charge is 2.14. The van der Waals surface area contributed by atoms with Gasteiger partial charge in [0.25, 0.3) is 0 Å². The average Bonchev–Trinajstić information content (AvgIpc) is 2.84. The molecule has 1 N–H and O–H groups in total. The van der Waals surface area contributed by atoms with Gasteiger partial charge in [-0.2, -0.15) is 5.10 Å². The van der Waals surface area contributed by atoms with Crippen LogP contribution in [0.5, 0.6) is 0 Å². The van der Waals surface area contributed by atoms with E-state index in [1.54, 1.807) is 17.5 Å². The number of nitrogens with zero attached hydrogens (tertiary/aromatic N) is 2. The Hall–Kier alpha value is -1.40. The molecule has 3 nitrogen and oxygen atoms in total. The minimum atomic E-state index is -0.0488. The van der Waals surface area contributed by atoms with Gasteiger partial charge in [0, 0.05) is 22.7 Å². The highest BCUT2D eigenvalue weighted by Crippen LogP contribution is 2.35. The Bertz CT molecular complexity index is 749. The number of rotatable bonds is 5. The Morgan fingerprint density at radius 3 is 3.05 bits per heavy atom. The summed E-state index contributed by atoms with van der Waals surface area (Å²) >= 11 is 3.21. The molecule has 1 aliphatic heterocycles. The summed E-state index contributed by atoms with van der Waals surface area (Å²) in [4.78, 5) is 2.11. The predicted molar refractivity (Wildman–Crippen MR) is 94.1 cm³/mol. The van der Waals surface area contributed by atoms with Gasteiger partial charge in [0.15, 0.2) is 0 Å². The number of hydrogen-bond acceptors (Lipinski definition) is 5. The molecule has 0 amide bonds. The largest absolute Gasteiger partial charge is 0.378 e. The summed E-state index contributed by atoms with van der Waals surface area (Å²) in [5.74, 6) is -0.0488. The fraction of sp³-hybridized carbons (Fsp3) is 0.375. The van der Waals surface area contributed by atoms with E-state index in [4.69, 9.17) is 0 Å². The van der Waals surface area contributed by atoms with Crippen LogP contribution in [0.15, 0.2) is 28.4 Å². The van der Waals surface area contributed by atoms with Gasteiger partial charge in [0.1, 0.15) is 11.3 Å². The zero-order chi connectivity index (χ0) is 15.5. The normalized spacial score (nSPS) is 14.9. The van der Waals surface area contributed by atoms with Crippen LogP contribution in [0.2, 0.25) is 0 Å². The van der Waals surface area contributed by atoms with Gasteiger partial charge < -0.3 is 5.32 Å². The highest BCUT2D eigenvalue weighted by atomic mass is 32.2. The van der Waals surface area contributed by atoms with E-state index in [1.165, 1.54) is 22.2 Å². The van der Waals surface area contributed by atoms with Crippen LogP contribution in [0, 0.1) is 6.92 Å². The van der Waals surface area contributed by atoms with Crippen molar-refractivity contribution in [3.8, 4) is 0 Å². The van der Waals surface area contributed by atoms with Crippen molar-refractivity contribution in [1.82, 2.24) is 10.2 Å². The molecule has 2 aromatic heterocycles. The lowest BCUT2D eigenvalue weighted by Crippen LogP contribution is -2.05. The Morgan fingerprint density at radius 1 is 1.41 bits per heavy atom. The summed E-state index contributed by atoms with van der Waals surface area (Å²) in [5.41, 5.74) is 3.12. The molecule has 0 spiro atoms. The van der Waals surface area contributed by atoms with E-state index < -0.39 is 0 Å². The Balaban J connectivity index is 1.86. The summed E-state index contributed by atoms with van der Waals surface area (Å²) in [6.45, 7) is 4.77. The van der Waals surface area contributed by atoms with Crippen LogP contribution < -0.4 is 5.32 Å². The molecule has 116 valence electrons. The Kier molecular flexibility index (Phi) is 4.78. The van der Waals surface area contributed by atoms with E-state index in [1.807, 2.05) is 11.5 Å². The molecule has 6 heteroatoms. The first-order chi connectivity index (χ1) is 10.7. The molecule has 2 aromatic rings. The maximum absolute atomic E-state index is 13.8. The molecule has 0 aliphatic carbocycles. The van der Waals surface area contributed by atoms with Crippen molar-refractivity contribution < 1.29 is 4.39 Å². The number of allylic oxidation sites excluding steroid dienone is 2. The van der Waals surface area contributed by atoms with Crippen molar-refractivity contribution in [3.63, 3.8) is 0 Å². The highest BCUT2D eigenvalue weighted by molar-refractivity contribution is 8.05. The van der Waals surface area contributed by atoms with Gasteiger partial charge in [-0.1, -0.05) is 31.2 Å². The fourth-order valence-electron chi connectivity index (χ4n) is 2.42. The second kappa shape index (κ2) is 6.79. The monoisotopic (exact) mass is 335 g/mol. The van der Waals surface area contributed by atoms with Crippen molar-refractivity contribution >= 4 is 39.0 Å². The number of thiophene rings is 1. The number of aromatic nitrogens is 2. The fourth-order valence-corrected chi connectivity index (χ4v) is 4.47. The first kappa shape index (κ1) is 15.5. The first-order valence-electron chi connectivity index (χ1n) is 7.37. The topological polar surface area (TPSA) is 37.8 Å². The minimum Gasteiger partial charge on any atom is -0.378 e. The van der Waals surface area contributed by atoms with E-state index in [0.29, 0.717) is 13.0 Å². The summed E-state index contributed by atoms with van der Waals surface area (Å²) in [6.07, 6.45) is 6.15. The molecule has 0 saturated heterocycles.